The number of ketones is 1. The number of ether oxygens (including phenoxy) is 1. The molecule has 3 rings (SSSR count). The number of carbonyl (C=O) groups is 1. The first-order valence-electron chi connectivity index (χ1n) is 7.87. The Morgan fingerprint density at radius 3 is 2.72 bits per heavy atom. The summed E-state index contributed by atoms with van der Waals surface area (Å²) in [7, 11) is -3.30. The third-order valence-electron chi connectivity index (χ3n) is 4.07. The van der Waals surface area contributed by atoms with Crippen molar-refractivity contribution in [2.75, 3.05) is 23.7 Å². The van der Waals surface area contributed by atoms with Crippen LogP contribution in [0.25, 0.3) is 0 Å². The van der Waals surface area contributed by atoms with E-state index < -0.39 is 10.0 Å². The summed E-state index contributed by atoms with van der Waals surface area (Å²) < 4.78 is 31.5. The highest BCUT2D eigenvalue weighted by molar-refractivity contribution is 9.10. The second-order valence-electron chi connectivity index (χ2n) is 5.92. The molecule has 0 bridgehead atoms. The van der Waals surface area contributed by atoms with E-state index in [1.54, 1.807) is 24.3 Å². The lowest BCUT2D eigenvalue weighted by Gasteiger charge is -2.29. The summed E-state index contributed by atoms with van der Waals surface area (Å²) in [4.78, 5) is 12.4. The van der Waals surface area contributed by atoms with Crippen LogP contribution in [0, 0.1) is 0 Å². The number of rotatable bonds is 5. The number of hydrogen-bond donors (Lipinski definition) is 0. The highest BCUT2D eigenvalue weighted by atomic mass is 79.9. The number of fused-ring (bicyclic) bond motifs is 1. The van der Waals surface area contributed by atoms with Crippen LogP contribution in [0.15, 0.2) is 46.9 Å². The second kappa shape index (κ2) is 7.17. The SMILES string of the molecule is CS(=O)(=O)N1CCCc2cc(C(=O)COc3ccccc3Br)ccc21. The molecule has 0 fully saturated rings. The van der Waals surface area contributed by atoms with E-state index in [9.17, 15) is 13.2 Å². The van der Waals surface area contributed by atoms with Crippen LogP contribution < -0.4 is 9.04 Å². The van der Waals surface area contributed by atoms with Gasteiger partial charge in [-0.05, 0) is 64.7 Å². The van der Waals surface area contributed by atoms with Gasteiger partial charge in [0.25, 0.3) is 0 Å². The first-order chi connectivity index (χ1) is 11.9. The molecule has 2 aromatic carbocycles. The fourth-order valence-corrected chi connectivity index (χ4v) is 4.26. The molecule has 5 nitrogen and oxygen atoms in total. The lowest BCUT2D eigenvalue weighted by molar-refractivity contribution is 0.0921. The molecule has 0 aromatic heterocycles. The molecule has 0 saturated heterocycles. The van der Waals surface area contributed by atoms with Gasteiger partial charge in [0, 0.05) is 12.1 Å². The van der Waals surface area contributed by atoms with Gasteiger partial charge in [-0.15, -0.1) is 0 Å². The van der Waals surface area contributed by atoms with Crippen molar-refractivity contribution in [2.45, 2.75) is 12.8 Å². The zero-order valence-electron chi connectivity index (χ0n) is 13.7. The lowest BCUT2D eigenvalue weighted by atomic mass is 9.99. The maximum Gasteiger partial charge on any atom is 0.232 e. The highest BCUT2D eigenvalue weighted by Gasteiger charge is 2.24. The van der Waals surface area contributed by atoms with Gasteiger partial charge in [-0.3, -0.25) is 9.10 Å². The Kier molecular flexibility index (Phi) is 5.15. The minimum Gasteiger partial charge on any atom is -0.484 e. The average molecular weight is 424 g/mol. The molecule has 0 aliphatic carbocycles. The Labute approximate surface area is 155 Å². The van der Waals surface area contributed by atoms with Gasteiger partial charge < -0.3 is 4.74 Å². The van der Waals surface area contributed by atoms with Crippen LogP contribution in [0.5, 0.6) is 5.75 Å². The number of carbonyl (C=O) groups excluding carboxylic acids is 1. The molecular formula is C18H18BrNO4S. The molecule has 0 saturated carbocycles. The maximum absolute atomic E-state index is 12.4. The summed E-state index contributed by atoms with van der Waals surface area (Å²) in [5.74, 6) is 0.465. The molecule has 0 unspecified atom stereocenters. The molecule has 0 radical (unpaired) electrons. The minimum absolute atomic E-state index is 0.0722. The van der Waals surface area contributed by atoms with E-state index in [-0.39, 0.29) is 12.4 Å². The van der Waals surface area contributed by atoms with Gasteiger partial charge in [-0.25, -0.2) is 8.42 Å². The highest BCUT2D eigenvalue weighted by Crippen LogP contribution is 2.30. The van der Waals surface area contributed by atoms with Crippen molar-refractivity contribution in [1.29, 1.82) is 0 Å². The largest absolute Gasteiger partial charge is 0.484 e. The topological polar surface area (TPSA) is 63.7 Å². The number of Topliss-reactive ketones (excluding diaryl/α,β-unsaturated/α-hetero) is 1. The van der Waals surface area contributed by atoms with Gasteiger partial charge in [0.15, 0.2) is 12.4 Å². The van der Waals surface area contributed by atoms with E-state index in [0.717, 1.165) is 22.9 Å². The van der Waals surface area contributed by atoms with Crippen molar-refractivity contribution in [2.24, 2.45) is 0 Å². The Morgan fingerprint density at radius 2 is 2.00 bits per heavy atom. The van der Waals surface area contributed by atoms with E-state index >= 15 is 0 Å². The van der Waals surface area contributed by atoms with E-state index in [1.165, 1.54) is 10.6 Å². The van der Waals surface area contributed by atoms with Gasteiger partial charge >= 0.3 is 0 Å². The molecule has 25 heavy (non-hydrogen) atoms. The lowest BCUT2D eigenvalue weighted by Crippen LogP contribution is -2.34. The smallest absolute Gasteiger partial charge is 0.232 e. The summed E-state index contributed by atoms with van der Waals surface area (Å²) >= 11 is 3.38. The zero-order chi connectivity index (χ0) is 18.0. The Balaban J connectivity index is 1.78. The number of sulfonamides is 1. The molecule has 1 aliphatic heterocycles. The second-order valence-corrected chi connectivity index (χ2v) is 8.69. The number of hydrogen-bond acceptors (Lipinski definition) is 4. The van der Waals surface area contributed by atoms with Crippen LogP contribution in [0.1, 0.15) is 22.3 Å². The van der Waals surface area contributed by atoms with E-state index in [1.807, 2.05) is 18.2 Å². The van der Waals surface area contributed by atoms with Crippen LogP contribution in [0.4, 0.5) is 5.69 Å². The first kappa shape index (κ1) is 17.9. The third kappa shape index (κ3) is 4.04. The fraction of sp³-hybridized carbons (Fsp3) is 0.278. The average Bonchev–Trinajstić information content (AvgIpc) is 2.59. The van der Waals surface area contributed by atoms with Crippen molar-refractivity contribution >= 4 is 37.4 Å². The van der Waals surface area contributed by atoms with E-state index in [2.05, 4.69) is 15.9 Å². The zero-order valence-corrected chi connectivity index (χ0v) is 16.1. The number of halogens is 1. The molecule has 7 heteroatoms. The molecule has 0 atom stereocenters. The number of anilines is 1. The van der Waals surface area contributed by atoms with Gasteiger partial charge in [-0.1, -0.05) is 12.1 Å². The summed E-state index contributed by atoms with van der Waals surface area (Å²) in [6.07, 6.45) is 2.70. The van der Waals surface area contributed by atoms with Crippen molar-refractivity contribution in [1.82, 2.24) is 0 Å². The fourth-order valence-electron chi connectivity index (χ4n) is 2.87. The molecular weight excluding hydrogens is 406 g/mol. The normalized spacial score (nSPS) is 14.1. The quantitative estimate of drug-likeness (QED) is 0.691. The van der Waals surface area contributed by atoms with Crippen LogP contribution >= 0.6 is 15.9 Å². The molecule has 132 valence electrons. The Bertz CT molecular complexity index is 911. The van der Waals surface area contributed by atoms with E-state index in [4.69, 9.17) is 4.74 Å². The van der Waals surface area contributed by atoms with E-state index in [0.29, 0.717) is 23.5 Å². The third-order valence-corrected chi connectivity index (χ3v) is 5.91. The minimum atomic E-state index is -3.30. The summed E-state index contributed by atoms with van der Waals surface area (Å²) in [6, 6.07) is 12.5. The van der Waals surface area contributed by atoms with Crippen LogP contribution in [0.2, 0.25) is 0 Å². The molecule has 2 aromatic rings. The van der Waals surface area contributed by atoms with Crippen LogP contribution in [0.3, 0.4) is 0 Å². The summed E-state index contributed by atoms with van der Waals surface area (Å²) in [5.41, 5.74) is 2.07. The first-order valence-corrected chi connectivity index (χ1v) is 10.5. The molecule has 0 amide bonds. The van der Waals surface area contributed by atoms with Crippen molar-refractivity contribution in [3.05, 3.63) is 58.1 Å². The molecule has 1 aliphatic rings. The standard InChI is InChI=1S/C18H18BrNO4S/c1-25(22,23)20-10-4-5-13-11-14(8-9-16(13)20)17(21)12-24-18-7-3-2-6-15(18)19/h2-3,6-9,11H,4-5,10,12H2,1H3. The predicted molar refractivity (Wildman–Crippen MR) is 101 cm³/mol. The van der Waals surface area contributed by atoms with Gasteiger partial charge in [0.1, 0.15) is 5.75 Å². The van der Waals surface area contributed by atoms with Gasteiger partial charge in [0.05, 0.1) is 16.4 Å². The summed E-state index contributed by atoms with van der Waals surface area (Å²) in [6.45, 7) is 0.404. The summed E-state index contributed by atoms with van der Waals surface area (Å²) in [5, 5.41) is 0. The van der Waals surface area contributed by atoms with Crippen molar-refractivity contribution < 1.29 is 17.9 Å². The molecule has 0 spiro atoms. The van der Waals surface area contributed by atoms with Crippen molar-refractivity contribution in [3.63, 3.8) is 0 Å². The van der Waals surface area contributed by atoms with Gasteiger partial charge in [-0.2, -0.15) is 0 Å². The maximum atomic E-state index is 12.4. The Morgan fingerprint density at radius 1 is 1.24 bits per heavy atom. The number of nitrogens with zero attached hydrogens (tertiary/aromatic N) is 1. The number of para-hydroxylation sites is 1. The monoisotopic (exact) mass is 423 g/mol. The predicted octanol–water partition coefficient (Wildman–Crippen LogP) is 3.42. The number of benzene rings is 2. The Hall–Kier alpha value is -1.86. The molecule has 0 N–H and O–H groups in total. The van der Waals surface area contributed by atoms with Crippen molar-refractivity contribution in [3.8, 4) is 5.75 Å². The number of aryl methyl sites for hydroxylation is 1. The van der Waals surface area contributed by atoms with Crippen LogP contribution in [-0.2, 0) is 16.4 Å². The van der Waals surface area contributed by atoms with Gasteiger partial charge in [0.2, 0.25) is 10.0 Å². The molecule has 1 heterocycles. The van der Waals surface area contributed by atoms with Crippen LogP contribution in [-0.4, -0.2) is 33.6 Å².